The number of carbonyl (C=O) groups is 2. The highest BCUT2D eigenvalue weighted by Crippen LogP contribution is 2.45. The topological polar surface area (TPSA) is 75.2 Å². The van der Waals surface area contributed by atoms with E-state index in [1.807, 2.05) is 13.8 Å². The predicted octanol–water partition coefficient (Wildman–Crippen LogP) is 7.02. The van der Waals surface area contributed by atoms with Gasteiger partial charge in [0.2, 0.25) is 0 Å². The van der Waals surface area contributed by atoms with Crippen molar-refractivity contribution in [3.8, 4) is 0 Å². The maximum absolute atomic E-state index is 14.2. The summed E-state index contributed by atoms with van der Waals surface area (Å²) < 4.78 is 39.4. The van der Waals surface area contributed by atoms with Gasteiger partial charge in [-0.1, -0.05) is 13.8 Å². The maximum Gasteiger partial charge on any atom is 0.446 e. The second kappa shape index (κ2) is 10.1. The summed E-state index contributed by atoms with van der Waals surface area (Å²) in [6.45, 7) is 3.69. The normalized spacial score (nSPS) is 19.8. The van der Waals surface area contributed by atoms with Crippen LogP contribution in [0.25, 0.3) is 0 Å². The number of benzene rings is 1. The SMILES string of the molecule is CC(c1ccnc(Br)c1)C1(C(C)c2ccnc(Br)c2)NC(=O)N(c2ccc(SC(F)(F)F)cc2)C1=O. The molecule has 1 saturated heterocycles. The molecule has 1 aliphatic heterocycles. The van der Waals surface area contributed by atoms with Gasteiger partial charge in [-0.05, 0) is 103 Å². The fourth-order valence-electron chi connectivity index (χ4n) is 4.46. The average molecular weight is 644 g/mol. The molecule has 12 heteroatoms. The first-order chi connectivity index (χ1) is 16.9. The fraction of sp³-hybridized carbons (Fsp3) is 0.250. The monoisotopic (exact) mass is 642 g/mol. The summed E-state index contributed by atoms with van der Waals surface area (Å²) in [6.07, 6.45) is 3.21. The number of amides is 3. The number of halogens is 5. The van der Waals surface area contributed by atoms with Crippen LogP contribution in [-0.2, 0) is 4.79 Å². The van der Waals surface area contributed by atoms with E-state index in [-0.39, 0.29) is 22.3 Å². The first-order valence-corrected chi connectivity index (χ1v) is 13.1. The van der Waals surface area contributed by atoms with Crippen molar-refractivity contribution in [3.05, 3.63) is 81.3 Å². The van der Waals surface area contributed by atoms with Crippen LogP contribution in [0.4, 0.5) is 23.7 Å². The van der Waals surface area contributed by atoms with E-state index in [0.29, 0.717) is 9.21 Å². The number of imide groups is 1. The summed E-state index contributed by atoms with van der Waals surface area (Å²) >= 11 is 6.46. The first-order valence-electron chi connectivity index (χ1n) is 10.7. The Kier molecular flexibility index (Phi) is 7.50. The van der Waals surface area contributed by atoms with E-state index in [1.165, 1.54) is 24.3 Å². The summed E-state index contributed by atoms with van der Waals surface area (Å²) in [5.74, 6) is -1.51. The Morgan fingerprint density at radius 1 is 0.917 bits per heavy atom. The molecular formula is C24H19Br2F3N4O2S. The van der Waals surface area contributed by atoms with Crippen LogP contribution in [0, 0.1) is 0 Å². The zero-order valence-electron chi connectivity index (χ0n) is 18.9. The molecular weight excluding hydrogens is 625 g/mol. The van der Waals surface area contributed by atoms with Gasteiger partial charge in [-0.2, -0.15) is 13.2 Å². The minimum atomic E-state index is -4.44. The van der Waals surface area contributed by atoms with E-state index in [9.17, 15) is 22.8 Å². The van der Waals surface area contributed by atoms with Crippen LogP contribution in [0.1, 0.15) is 36.8 Å². The van der Waals surface area contributed by atoms with Crippen molar-refractivity contribution in [3.63, 3.8) is 0 Å². The Balaban J connectivity index is 1.79. The van der Waals surface area contributed by atoms with Crippen molar-refractivity contribution in [2.24, 2.45) is 0 Å². The number of aromatic nitrogens is 2. The number of anilines is 1. The molecule has 1 N–H and O–H groups in total. The van der Waals surface area contributed by atoms with E-state index in [4.69, 9.17) is 0 Å². The van der Waals surface area contributed by atoms with Crippen LogP contribution in [0.5, 0.6) is 0 Å². The molecule has 1 aromatic carbocycles. The number of pyridine rings is 2. The lowest BCUT2D eigenvalue weighted by Gasteiger charge is -2.39. The molecule has 0 spiro atoms. The quantitative estimate of drug-likeness (QED) is 0.178. The summed E-state index contributed by atoms with van der Waals surface area (Å²) in [7, 11) is 0. The van der Waals surface area contributed by atoms with Crippen molar-refractivity contribution in [2.75, 3.05) is 4.90 Å². The number of urea groups is 1. The highest BCUT2D eigenvalue weighted by Gasteiger charge is 2.58. The summed E-state index contributed by atoms with van der Waals surface area (Å²) in [5.41, 5.74) is -4.14. The lowest BCUT2D eigenvalue weighted by atomic mass is 9.70. The Hall–Kier alpha value is -2.44. The summed E-state index contributed by atoms with van der Waals surface area (Å²) in [4.78, 5) is 36.7. The van der Waals surface area contributed by atoms with Gasteiger partial charge in [0.15, 0.2) is 0 Å². The fourth-order valence-corrected chi connectivity index (χ4v) is 5.76. The number of rotatable bonds is 6. The lowest BCUT2D eigenvalue weighted by molar-refractivity contribution is -0.123. The minimum Gasteiger partial charge on any atom is -0.322 e. The Bertz CT molecular complexity index is 1260. The molecule has 36 heavy (non-hydrogen) atoms. The Morgan fingerprint density at radius 3 is 1.86 bits per heavy atom. The molecule has 2 unspecified atom stereocenters. The standard InChI is InChI=1S/C24H19Br2F3N4O2S/c1-13(15-7-9-30-19(25)11-15)23(14(2)16-8-10-31-20(26)12-16)21(34)33(22(35)32-23)17-3-5-18(6-4-17)36-24(27,28)29/h3-14H,1-2H3,(H,32,35). The van der Waals surface area contributed by atoms with E-state index >= 15 is 0 Å². The molecule has 1 aliphatic rings. The number of hydrogen-bond acceptors (Lipinski definition) is 5. The number of carbonyl (C=O) groups excluding carboxylic acids is 2. The predicted molar refractivity (Wildman–Crippen MR) is 138 cm³/mol. The van der Waals surface area contributed by atoms with Gasteiger partial charge in [-0.3, -0.25) is 4.79 Å². The number of hydrogen-bond donors (Lipinski definition) is 1. The number of alkyl halides is 3. The van der Waals surface area contributed by atoms with Crippen molar-refractivity contribution >= 4 is 61.2 Å². The molecule has 0 radical (unpaired) electrons. The zero-order valence-corrected chi connectivity index (χ0v) is 22.9. The van der Waals surface area contributed by atoms with Gasteiger partial charge in [0, 0.05) is 29.1 Å². The second-order valence-corrected chi connectivity index (χ2v) is 11.0. The summed E-state index contributed by atoms with van der Waals surface area (Å²) in [5, 5.41) is 2.93. The molecule has 3 aromatic rings. The van der Waals surface area contributed by atoms with Crippen LogP contribution in [0.15, 0.2) is 75.0 Å². The molecule has 0 saturated carbocycles. The van der Waals surface area contributed by atoms with E-state index in [2.05, 4.69) is 47.1 Å². The third-order valence-corrected chi connectivity index (χ3v) is 7.88. The molecule has 1 fully saturated rings. The third kappa shape index (κ3) is 5.16. The number of thioether (sulfide) groups is 1. The largest absolute Gasteiger partial charge is 0.446 e. The zero-order chi connectivity index (χ0) is 26.3. The van der Waals surface area contributed by atoms with Gasteiger partial charge in [0.25, 0.3) is 5.91 Å². The molecule has 0 bridgehead atoms. The van der Waals surface area contributed by atoms with Crippen molar-refractivity contribution in [1.82, 2.24) is 15.3 Å². The Morgan fingerprint density at radius 2 is 1.42 bits per heavy atom. The van der Waals surface area contributed by atoms with Gasteiger partial charge in [0.05, 0.1) is 5.69 Å². The second-order valence-electron chi connectivity index (χ2n) is 8.25. The van der Waals surface area contributed by atoms with Gasteiger partial charge >= 0.3 is 11.5 Å². The number of nitrogens with zero attached hydrogens (tertiary/aromatic N) is 3. The van der Waals surface area contributed by atoms with Crippen LogP contribution >= 0.6 is 43.6 Å². The third-order valence-electron chi connectivity index (χ3n) is 6.27. The van der Waals surface area contributed by atoms with E-state index in [0.717, 1.165) is 16.0 Å². The molecule has 3 heterocycles. The van der Waals surface area contributed by atoms with Crippen LogP contribution in [-0.4, -0.2) is 33.0 Å². The molecule has 6 nitrogen and oxygen atoms in total. The van der Waals surface area contributed by atoms with Crippen LogP contribution < -0.4 is 10.2 Å². The highest BCUT2D eigenvalue weighted by molar-refractivity contribution is 9.10. The maximum atomic E-state index is 14.2. The summed E-state index contributed by atoms with van der Waals surface area (Å²) in [6, 6.07) is 11.6. The smallest absolute Gasteiger partial charge is 0.322 e. The van der Waals surface area contributed by atoms with E-state index in [1.54, 1.807) is 36.7 Å². The van der Waals surface area contributed by atoms with Gasteiger partial charge in [0.1, 0.15) is 14.7 Å². The van der Waals surface area contributed by atoms with Gasteiger partial charge < -0.3 is 5.32 Å². The van der Waals surface area contributed by atoms with Crippen molar-refractivity contribution in [1.29, 1.82) is 0 Å². The molecule has 188 valence electrons. The first kappa shape index (κ1) is 26.6. The molecule has 2 aromatic heterocycles. The van der Waals surface area contributed by atoms with E-state index < -0.39 is 34.8 Å². The average Bonchev–Trinajstić information content (AvgIpc) is 3.08. The number of nitrogens with one attached hydrogen (secondary N) is 1. The minimum absolute atomic E-state index is 0.0467. The molecule has 2 atom stereocenters. The van der Waals surface area contributed by atoms with Gasteiger partial charge in [-0.15, -0.1) is 0 Å². The van der Waals surface area contributed by atoms with Gasteiger partial charge in [-0.25, -0.2) is 19.7 Å². The van der Waals surface area contributed by atoms with Crippen LogP contribution in [0.3, 0.4) is 0 Å². The Labute approximate surface area is 226 Å². The highest BCUT2D eigenvalue weighted by atomic mass is 79.9. The lowest BCUT2D eigenvalue weighted by Crippen LogP contribution is -2.55. The molecule has 4 rings (SSSR count). The molecule has 0 aliphatic carbocycles. The van der Waals surface area contributed by atoms with Crippen molar-refractivity contribution < 1.29 is 22.8 Å². The van der Waals surface area contributed by atoms with Crippen molar-refractivity contribution in [2.45, 2.75) is 41.6 Å². The molecule has 3 amide bonds. The van der Waals surface area contributed by atoms with Crippen LogP contribution in [0.2, 0.25) is 0 Å².